The van der Waals surface area contributed by atoms with Crippen molar-refractivity contribution in [3.05, 3.63) is 127 Å². The third-order valence-corrected chi connectivity index (χ3v) is 8.22. The predicted octanol–water partition coefficient (Wildman–Crippen LogP) is 9.65. The fraction of sp³-hybridized carbons (Fsp3) is 0. The molecule has 8 rings (SSSR count). The van der Waals surface area contributed by atoms with Crippen molar-refractivity contribution in [1.29, 1.82) is 0 Å². The van der Waals surface area contributed by atoms with Gasteiger partial charge in [-0.05, 0) is 30.3 Å². The van der Waals surface area contributed by atoms with E-state index in [0.717, 1.165) is 66.1 Å². The summed E-state index contributed by atoms with van der Waals surface area (Å²) in [5, 5.41) is 3.05. The zero-order valence-electron chi connectivity index (χ0n) is 21.3. The summed E-state index contributed by atoms with van der Waals surface area (Å²) in [5.41, 5.74) is 8.46. The van der Waals surface area contributed by atoms with Crippen LogP contribution in [0.5, 0.6) is 0 Å². The summed E-state index contributed by atoms with van der Waals surface area (Å²) < 4.78 is 7.58. The fourth-order valence-electron chi connectivity index (χ4n) is 5.30. The van der Waals surface area contributed by atoms with Crippen molar-refractivity contribution in [3.8, 4) is 44.5 Å². The van der Waals surface area contributed by atoms with Crippen molar-refractivity contribution < 1.29 is 4.42 Å². The summed E-state index contributed by atoms with van der Waals surface area (Å²) in [7, 11) is 0. The number of para-hydroxylation sites is 1. The summed E-state index contributed by atoms with van der Waals surface area (Å²) in [4.78, 5) is 15.1. The average molecular weight is 532 g/mol. The van der Waals surface area contributed by atoms with Crippen LogP contribution >= 0.6 is 11.3 Å². The molecule has 5 aromatic carbocycles. The lowest BCUT2D eigenvalue weighted by molar-refractivity contribution is 0.669. The van der Waals surface area contributed by atoms with Crippen LogP contribution in [-0.4, -0.2) is 15.0 Å². The maximum Gasteiger partial charge on any atom is 0.160 e. The standard InChI is InChI=1S/C35H21N3OS/c1-3-11-22(12-4-1)27-21-28(37-34(36-27)23-13-5-2-6-14-23)24-15-9-18-29-32(24)33-25(16-10-19-30(33)39-29)35-38-26-17-7-8-20-31(26)40-35/h1-21H. The molecule has 0 aliphatic carbocycles. The Morgan fingerprint density at radius 3 is 1.88 bits per heavy atom. The van der Waals surface area contributed by atoms with Gasteiger partial charge >= 0.3 is 0 Å². The van der Waals surface area contributed by atoms with Crippen molar-refractivity contribution >= 4 is 43.5 Å². The van der Waals surface area contributed by atoms with E-state index >= 15 is 0 Å². The second-order valence-corrected chi connectivity index (χ2v) is 10.7. The molecule has 3 heterocycles. The van der Waals surface area contributed by atoms with Gasteiger partial charge in [0, 0.05) is 33.0 Å². The molecule has 4 nitrogen and oxygen atoms in total. The van der Waals surface area contributed by atoms with Crippen LogP contribution in [0, 0.1) is 0 Å². The largest absolute Gasteiger partial charge is 0.456 e. The van der Waals surface area contributed by atoms with Crippen LogP contribution in [0.4, 0.5) is 0 Å². The molecule has 3 aromatic heterocycles. The summed E-state index contributed by atoms with van der Waals surface area (Å²) in [6.45, 7) is 0. The van der Waals surface area contributed by atoms with Crippen LogP contribution in [-0.2, 0) is 0 Å². The van der Waals surface area contributed by atoms with Gasteiger partial charge in [0.15, 0.2) is 5.82 Å². The van der Waals surface area contributed by atoms with Crippen molar-refractivity contribution in [2.75, 3.05) is 0 Å². The summed E-state index contributed by atoms with van der Waals surface area (Å²) >= 11 is 1.70. The molecule has 0 saturated heterocycles. The predicted molar refractivity (Wildman–Crippen MR) is 164 cm³/mol. The lowest BCUT2D eigenvalue weighted by Crippen LogP contribution is -1.96. The molecule has 8 aromatic rings. The Morgan fingerprint density at radius 1 is 0.500 bits per heavy atom. The molecule has 0 bridgehead atoms. The maximum absolute atomic E-state index is 6.41. The Bertz CT molecular complexity index is 2070. The molecule has 0 atom stereocenters. The van der Waals surface area contributed by atoms with Gasteiger partial charge in [0.25, 0.3) is 0 Å². The van der Waals surface area contributed by atoms with Gasteiger partial charge in [-0.15, -0.1) is 11.3 Å². The number of hydrogen-bond donors (Lipinski definition) is 0. The quantitative estimate of drug-likeness (QED) is 0.227. The van der Waals surface area contributed by atoms with Gasteiger partial charge in [-0.25, -0.2) is 15.0 Å². The van der Waals surface area contributed by atoms with Crippen molar-refractivity contribution in [2.24, 2.45) is 0 Å². The lowest BCUT2D eigenvalue weighted by atomic mass is 9.99. The normalized spacial score (nSPS) is 11.5. The first-order chi connectivity index (χ1) is 19.8. The van der Waals surface area contributed by atoms with Gasteiger partial charge in [0.05, 0.1) is 21.6 Å². The molecule has 0 spiro atoms. The van der Waals surface area contributed by atoms with E-state index in [0.29, 0.717) is 5.82 Å². The van der Waals surface area contributed by atoms with Crippen molar-refractivity contribution in [3.63, 3.8) is 0 Å². The molecule has 188 valence electrons. The first-order valence-corrected chi connectivity index (χ1v) is 13.9. The van der Waals surface area contributed by atoms with E-state index < -0.39 is 0 Å². The van der Waals surface area contributed by atoms with Crippen LogP contribution < -0.4 is 0 Å². The van der Waals surface area contributed by atoms with Gasteiger partial charge in [-0.2, -0.15) is 0 Å². The van der Waals surface area contributed by atoms with E-state index in [9.17, 15) is 0 Å². The zero-order chi connectivity index (χ0) is 26.5. The first-order valence-electron chi connectivity index (χ1n) is 13.1. The number of hydrogen-bond acceptors (Lipinski definition) is 5. The van der Waals surface area contributed by atoms with E-state index in [2.05, 4.69) is 48.5 Å². The minimum absolute atomic E-state index is 0.688. The molecule has 0 aliphatic heterocycles. The Labute approximate surface area is 234 Å². The highest BCUT2D eigenvalue weighted by Crippen LogP contribution is 2.43. The van der Waals surface area contributed by atoms with E-state index in [1.165, 1.54) is 4.70 Å². The second-order valence-electron chi connectivity index (χ2n) is 9.64. The van der Waals surface area contributed by atoms with E-state index in [-0.39, 0.29) is 0 Å². The Balaban J connectivity index is 1.42. The Kier molecular flexibility index (Phi) is 5.28. The van der Waals surface area contributed by atoms with E-state index in [4.69, 9.17) is 19.4 Å². The molecular weight excluding hydrogens is 510 g/mol. The minimum atomic E-state index is 0.688. The molecule has 0 radical (unpaired) electrons. The Hall–Kier alpha value is -5.13. The molecule has 0 unspecified atom stereocenters. The molecule has 40 heavy (non-hydrogen) atoms. The monoisotopic (exact) mass is 531 g/mol. The van der Waals surface area contributed by atoms with E-state index in [1.807, 2.05) is 78.9 Å². The first kappa shape index (κ1) is 22.8. The number of nitrogens with zero attached hydrogens (tertiary/aromatic N) is 3. The zero-order valence-corrected chi connectivity index (χ0v) is 22.1. The summed E-state index contributed by atoms with van der Waals surface area (Å²) in [6, 6.07) is 43.1. The Morgan fingerprint density at radius 2 is 1.12 bits per heavy atom. The minimum Gasteiger partial charge on any atom is -0.456 e. The fourth-order valence-corrected chi connectivity index (χ4v) is 6.30. The number of rotatable bonds is 4. The summed E-state index contributed by atoms with van der Waals surface area (Å²) in [5.74, 6) is 0.688. The van der Waals surface area contributed by atoms with Crippen molar-refractivity contribution in [2.45, 2.75) is 0 Å². The van der Waals surface area contributed by atoms with Crippen LogP contribution in [0.3, 0.4) is 0 Å². The average Bonchev–Trinajstić information content (AvgIpc) is 3.63. The highest BCUT2D eigenvalue weighted by Gasteiger charge is 2.20. The van der Waals surface area contributed by atoms with Gasteiger partial charge in [-0.3, -0.25) is 0 Å². The van der Waals surface area contributed by atoms with E-state index in [1.54, 1.807) is 11.3 Å². The molecule has 5 heteroatoms. The van der Waals surface area contributed by atoms with Crippen LogP contribution in [0.15, 0.2) is 132 Å². The molecule has 0 aliphatic rings. The van der Waals surface area contributed by atoms with Gasteiger partial charge < -0.3 is 4.42 Å². The van der Waals surface area contributed by atoms with Crippen LogP contribution in [0.1, 0.15) is 0 Å². The van der Waals surface area contributed by atoms with Gasteiger partial charge in [0.1, 0.15) is 16.2 Å². The highest BCUT2D eigenvalue weighted by molar-refractivity contribution is 7.21. The topological polar surface area (TPSA) is 51.8 Å². The number of furan rings is 1. The third kappa shape index (κ3) is 3.79. The molecule has 0 amide bonds. The molecule has 0 fully saturated rings. The van der Waals surface area contributed by atoms with Crippen LogP contribution in [0.2, 0.25) is 0 Å². The second kappa shape index (κ2) is 9.26. The number of thiazole rings is 1. The smallest absolute Gasteiger partial charge is 0.160 e. The highest BCUT2D eigenvalue weighted by atomic mass is 32.1. The third-order valence-electron chi connectivity index (χ3n) is 7.15. The molecule has 0 saturated carbocycles. The number of fused-ring (bicyclic) bond motifs is 4. The van der Waals surface area contributed by atoms with Crippen molar-refractivity contribution in [1.82, 2.24) is 15.0 Å². The SMILES string of the molecule is c1ccc(-c2cc(-c3cccc4oc5cccc(-c6nc7ccccc7s6)c5c34)nc(-c3ccccc3)n2)cc1. The molecule has 0 N–H and O–H groups in total. The number of aromatic nitrogens is 3. The number of benzene rings is 5. The maximum atomic E-state index is 6.41. The summed E-state index contributed by atoms with van der Waals surface area (Å²) in [6.07, 6.45) is 0. The van der Waals surface area contributed by atoms with Gasteiger partial charge in [-0.1, -0.05) is 97.1 Å². The molecular formula is C35H21N3OS. The van der Waals surface area contributed by atoms with Gasteiger partial charge in [0.2, 0.25) is 0 Å². The van der Waals surface area contributed by atoms with Crippen LogP contribution in [0.25, 0.3) is 76.6 Å². The lowest BCUT2D eigenvalue weighted by Gasteiger charge is -2.10.